The Hall–Kier alpha value is -0.700. The summed E-state index contributed by atoms with van der Waals surface area (Å²) < 4.78 is 22.6. The Morgan fingerprint density at radius 1 is 0.750 bits per heavy atom. The van der Waals surface area contributed by atoms with Crippen LogP contribution >= 0.6 is 15.0 Å². The zero-order chi connectivity index (χ0) is 21.6. The lowest BCUT2D eigenvalue weighted by Crippen LogP contribution is -1.95. The molecule has 0 amide bonds. The third kappa shape index (κ3) is 17.4. The topological polar surface area (TPSA) is 94.8 Å². The van der Waals surface area contributed by atoms with E-state index in [9.17, 15) is 14.0 Å². The van der Waals surface area contributed by atoms with Crippen molar-refractivity contribution in [2.24, 2.45) is 0 Å². The molecule has 0 radical (unpaired) electrons. The van der Waals surface area contributed by atoms with E-state index in [1.807, 2.05) is 19.9 Å². The van der Waals surface area contributed by atoms with Crippen LogP contribution in [0.4, 0.5) is 0 Å². The van der Waals surface area contributed by atoms with Gasteiger partial charge < -0.3 is 14.7 Å². The van der Waals surface area contributed by atoms with Crippen LogP contribution < -0.4 is 0 Å². The molecule has 0 heterocycles. The molecule has 0 aromatic carbocycles. The molecule has 0 aromatic rings. The van der Waals surface area contributed by atoms with Gasteiger partial charge in [-0.2, -0.15) is 0 Å². The van der Waals surface area contributed by atoms with Crippen LogP contribution in [0.15, 0.2) is 47.1 Å². The second-order valence-corrected chi connectivity index (χ2v) is 12.1. The lowest BCUT2D eigenvalue weighted by atomic mass is 10.0. The van der Waals surface area contributed by atoms with E-state index in [0.29, 0.717) is 6.42 Å². The fraction of sp³-hybridized carbons (Fsp3) is 0.619. The van der Waals surface area contributed by atoms with Gasteiger partial charge >= 0.3 is 7.60 Å². The Bertz CT molecular complexity index is 668. The second-order valence-electron chi connectivity index (χ2n) is 7.50. The minimum atomic E-state index is -4.45. The highest BCUT2D eigenvalue weighted by Gasteiger charge is 2.28. The molecule has 0 fully saturated rings. The van der Waals surface area contributed by atoms with Crippen molar-refractivity contribution >= 4 is 15.0 Å². The fourth-order valence-electron chi connectivity index (χ4n) is 2.75. The Balaban J connectivity index is 4.18. The van der Waals surface area contributed by atoms with Crippen LogP contribution in [0.3, 0.4) is 0 Å². The Morgan fingerprint density at radius 3 is 1.61 bits per heavy atom. The molecule has 0 aliphatic rings. The van der Waals surface area contributed by atoms with Crippen LogP contribution in [-0.2, 0) is 9.13 Å². The first-order chi connectivity index (χ1) is 12.9. The largest absolute Gasteiger partial charge is 0.344 e. The van der Waals surface area contributed by atoms with Crippen LogP contribution in [0.25, 0.3) is 0 Å². The molecule has 0 aliphatic heterocycles. The van der Waals surface area contributed by atoms with Crippen LogP contribution in [0.5, 0.6) is 0 Å². The standard InChI is InChI=1S/C21H38O5P2/c1-5-6-7-11-19(2)12-8-13-20(3)14-9-15-21(4)16-10-17-27(22,23)18-28(24,25)26/h5-6,12,14,16H,7-11,13,15,17-18H2,1-4H3,(H,22,23)(H2,24,25,26). The van der Waals surface area contributed by atoms with Crippen LogP contribution in [-0.4, -0.2) is 26.7 Å². The predicted octanol–water partition coefficient (Wildman–Crippen LogP) is 6.54. The maximum atomic E-state index is 11.8. The third-order valence-corrected chi connectivity index (χ3v) is 8.58. The first-order valence-electron chi connectivity index (χ1n) is 9.88. The zero-order valence-electron chi connectivity index (χ0n) is 17.8. The van der Waals surface area contributed by atoms with Gasteiger partial charge in [-0.1, -0.05) is 47.1 Å². The van der Waals surface area contributed by atoms with Crippen molar-refractivity contribution in [1.82, 2.24) is 0 Å². The van der Waals surface area contributed by atoms with Gasteiger partial charge in [0.25, 0.3) is 0 Å². The van der Waals surface area contributed by atoms with E-state index < -0.39 is 20.9 Å². The van der Waals surface area contributed by atoms with Crippen molar-refractivity contribution in [3.63, 3.8) is 0 Å². The van der Waals surface area contributed by atoms with Gasteiger partial charge in [-0.3, -0.25) is 9.13 Å². The van der Waals surface area contributed by atoms with Gasteiger partial charge in [-0.15, -0.1) is 0 Å². The predicted molar refractivity (Wildman–Crippen MR) is 120 cm³/mol. The van der Waals surface area contributed by atoms with E-state index in [1.54, 1.807) is 0 Å². The van der Waals surface area contributed by atoms with Crippen molar-refractivity contribution in [3.05, 3.63) is 47.1 Å². The van der Waals surface area contributed by atoms with Crippen LogP contribution in [0.1, 0.15) is 72.6 Å². The summed E-state index contributed by atoms with van der Waals surface area (Å²) in [6.07, 6.45) is 17.1. The summed E-state index contributed by atoms with van der Waals surface area (Å²) in [5.41, 5.74) is 3.93. The third-order valence-electron chi connectivity index (χ3n) is 4.38. The monoisotopic (exact) mass is 432 g/mol. The van der Waals surface area contributed by atoms with Crippen molar-refractivity contribution < 1.29 is 23.8 Å². The van der Waals surface area contributed by atoms with Gasteiger partial charge in [0.1, 0.15) is 5.90 Å². The normalized spacial score (nSPS) is 16.6. The maximum Gasteiger partial charge on any atom is 0.335 e. The number of allylic oxidation sites excluding steroid dienone is 8. The summed E-state index contributed by atoms with van der Waals surface area (Å²) in [6, 6.07) is 0. The van der Waals surface area contributed by atoms with Crippen molar-refractivity contribution in [1.29, 1.82) is 0 Å². The van der Waals surface area contributed by atoms with Gasteiger partial charge in [0.05, 0.1) is 0 Å². The number of hydrogen-bond donors (Lipinski definition) is 3. The molecule has 3 N–H and O–H groups in total. The van der Waals surface area contributed by atoms with Gasteiger partial charge in [0.15, 0.2) is 0 Å². The molecule has 0 spiro atoms. The minimum Gasteiger partial charge on any atom is -0.344 e. The minimum absolute atomic E-state index is 0.0932. The van der Waals surface area contributed by atoms with Crippen molar-refractivity contribution in [2.75, 3.05) is 12.1 Å². The number of hydrogen-bond acceptors (Lipinski definition) is 2. The molecule has 0 rings (SSSR count). The highest BCUT2D eigenvalue weighted by molar-refractivity contribution is 7.72. The van der Waals surface area contributed by atoms with Gasteiger partial charge in [0, 0.05) is 6.16 Å². The van der Waals surface area contributed by atoms with E-state index in [1.165, 1.54) is 11.1 Å². The van der Waals surface area contributed by atoms with E-state index >= 15 is 0 Å². The quantitative estimate of drug-likeness (QED) is 0.214. The molecule has 1 unspecified atom stereocenters. The molecule has 0 bridgehead atoms. The zero-order valence-corrected chi connectivity index (χ0v) is 19.6. The fourth-order valence-corrected chi connectivity index (χ4v) is 6.15. The first-order valence-corrected chi connectivity index (χ1v) is 13.7. The molecule has 0 saturated carbocycles. The molecular formula is C21H38O5P2. The first kappa shape index (κ1) is 27.3. The smallest absolute Gasteiger partial charge is 0.335 e. The van der Waals surface area contributed by atoms with Crippen LogP contribution in [0.2, 0.25) is 0 Å². The average molecular weight is 432 g/mol. The van der Waals surface area contributed by atoms with Crippen molar-refractivity contribution in [2.45, 2.75) is 72.6 Å². The summed E-state index contributed by atoms with van der Waals surface area (Å²) in [5.74, 6) is -0.932. The lowest BCUT2D eigenvalue weighted by molar-refractivity contribution is 0.376. The second kappa shape index (κ2) is 14.3. The Kier molecular flexibility index (Phi) is 14.0. The average Bonchev–Trinajstić information content (AvgIpc) is 2.52. The van der Waals surface area contributed by atoms with E-state index in [4.69, 9.17) is 9.79 Å². The summed E-state index contributed by atoms with van der Waals surface area (Å²) in [5, 5.41) is 0. The molecule has 28 heavy (non-hydrogen) atoms. The summed E-state index contributed by atoms with van der Waals surface area (Å²) in [4.78, 5) is 27.3. The molecule has 1 atom stereocenters. The maximum absolute atomic E-state index is 11.8. The molecule has 0 saturated heterocycles. The Morgan fingerprint density at radius 2 is 1.18 bits per heavy atom. The van der Waals surface area contributed by atoms with Crippen LogP contribution in [0, 0.1) is 0 Å². The lowest BCUT2D eigenvalue weighted by Gasteiger charge is -2.11. The Labute approximate surface area is 171 Å². The molecule has 5 nitrogen and oxygen atoms in total. The van der Waals surface area contributed by atoms with Gasteiger partial charge in [-0.05, 0) is 72.6 Å². The molecule has 0 aromatic heterocycles. The molecule has 0 aliphatic carbocycles. The van der Waals surface area contributed by atoms with Gasteiger partial charge in [-0.25, -0.2) is 0 Å². The highest BCUT2D eigenvalue weighted by Crippen LogP contribution is 2.54. The number of rotatable bonds is 14. The summed E-state index contributed by atoms with van der Waals surface area (Å²) >= 11 is 0. The highest BCUT2D eigenvalue weighted by atomic mass is 31.2. The van der Waals surface area contributed by atoms with E-state index in [0.717, 1.165) is 44.1 Å². The van der Waals surface area contributed by atoms with Gasteiger partial charge in [0.2, 0.25) is 7.37 Å². The molecule has 162 valence electrons. The SMILES string of the molecule is CC=CCCC(C)=CCCC(C)=CCCC(C)=CCCP(=O)(O)CP(=O)(O)O. The summed E-state index contributed by atoms with van der Waals surface area (Å²) in [6.45, 7) is 8.35. The van der Waals surface area contributed by atoms with Crippen molar-refractivity contribution in [3.8, 4) is 0 Å². The van der Waals surface area contributed by atoms with E-state index in [-0.39, 0.29) is 6.16 Å². The molecule has 7 heteroatoms. The summed E-state index contributed by atoms with van der Waals surface area (Å²) in [7, 11) is -8.22. The van der Waals surface area contributed by atoms with E-state index in [2.05, 4.69) is 38.2 Å². The molecular weight excluding hydrogens is 394 g/mol.